The second-order valence-corrected chi connectivity index (χ2v) is 5.18. The number of rotatable bonds is 6. The lowest BCUT2D eigenvalue weighted by molar-refractivity contribution is 0.0952. The number of nitrogens with two attached hydrogens (primary N) is 1. The zero-order valence-electron chi connectivity index (χ0n) is 12.6. The molecule has 1 amide bonds. The first-order chi connectivity index (χ1) is 11.2. The summed E-state index contributed by atoms with van der Waals surface area (Å²) in [6, 6.07) is 13.3. The molecule has 2 aromatic heterocycles. The maximum Gasteiger partial charge on any atom is 0.254 e. The summed E-state index contributed by atoms with van der Waals surface area (Å²) in [4.78, 5) is 11.7. The zero-order chi connectivity index (χ0) is 16.1. The topological polar surface area (TPSA) is 86.1 Å². The molecule has 23 heavy (non-hydrogen) atoms. The number of furan rings is 1. The fraction of sp³-hybridized carbons (Fsp3) is 0.176. The first-order valence-electron chi connectivity index (χ1n) is 7.44. The van der Waals surface area contributed by atoms with Gasteiger partial charge in [0.2, 0.25) is 0 Å². The Bertz CT molecular complexity index is 763. The van der Waals surface area contributed by atoms with E-state index in [0.29, 0.717) is 17.9 Å². The molecule has 0 atom stereocenters. The molecule has 0 saturated carbocycles. The SMILES string of the molecule is Nc1cc(CCCNC(=O)c2ccoc2)nn1-c1ccccc1. The van der Waals surface area contributed by atoms with Crippen LogP contribution >= 0.6 is 0 Å². The van der Waals surface area contributed by atoms with Gasteiger partial charge in [-0.2, -0.15) is 5.10 Å². The van der Waals surface area contributed by atoms with Crippen LogP contribution in [0.25, 0.3) is 5.69 Å². The molecule has 2 heterocycles. The lowest BCUT2D eigenvalue weighted by Gasteiger charge is -2.03. The van der Waals surface area contributed by atoms with Crippen molar-refractivity contribution in [3.8, 4) is 5.69 Å². The summed E-state index contributed by atoms with van der Waals surface area (Å²) < 4.78 is 6.60. The minimum Gasteiger partial charge on any atom is -0.472 e. The molecule has 118 valence electrons. The van der Waals surface area contributed by atoms with E-state index in [1.54, 1.807) is 10.7 Å². The molecule has 6 nitrogen and oxygen atoms in total. The second kappa shape index (κ2) is 6.83. The van der Waals surface area contributed by atoms with Gasteiger partial charge in [-0.1, -0.05) is 18.2 Å². The Kier molecular flexibility index (Phi) is 4.42. The van der Waals surface area contributed by atoms with Crippen LogP contribution in [0.2, 0.25) is 0 Å². The van der Waals surface area contributed by atoms with Gasteiger partial charge in [-0.3, -0.25) is 4.79 Å². The van der Waals surface area contributed by atoms with Crippen molar-refractivity contribution in [3.63, 3.8) is 0 Å². The minimum atomic E-state index is -0.131. The quantitative estimate of drug-likeness (QED) is 0.685. The van der Waals surface area contributed by atoms with Crippen LogP contribution in [0.5, 0.6) is 0 Å². The van der Waals surface area contributed by atoms with E-state index < -0.39 is 0 Å². The highest BCUT2D eigenvalue weighted by Gasteiger charge is 2.08. The fourth-order valence-electron chi connectivity index (χ4n) is 2.31. The van der Waals surface area contributed by atoms with E-state index in [9.17, 15) is 4.79 Å². The standard InChI is InChI=1S/C17H18N4O2/c18-16-11-14(20-21(16)15-6-2-1-3-7-15)5-4-9-19-17(22)13-8-10-23-12-13/h1-3,6-8,10-12H,4-5,9,18H2,(H,19,22). The smallest absolute Gasteiger partial charge is 0.254 e. The van der Waals surface area contributed by atoms with Crippen LogP contribution in [0.1, 0.15) is 22.5 Å². The van der Waals surface area contributed by atoms with E-state index in [4.69, 9.17) is 10.2 Å². The number of aromatic nitrogens is 2. The van der Waals surface area contributed by atoms with Gasteiger partial charge in [0.1, 0.15) is 12.1 Å². The molecule has 3 aromatic rings. The highest BCUT2D eigenvalue weighted by molar-refractivity contribution is 5.93. The summed E-state index contributed by atoms with van der Waals surface area (Å²) in [6.07, 6.45) is 4.44. The molecular weight excluding hydrogens is 292 g/mol. The molecule has 0 fully saturated rings. The highest BCUT2D eigenvalue weighted by Crippen LogP contribution is 2.15. The first kappa shape index (κ1) is 14.9. The molecule has 0 spiro atoms. The van der Waals surface area contributed by atoms with Crippen LogP contribution < -0.4 is 11.1 Å². The monoisotopic (exact) mass is 310 g/mol. The summed E-state index contributed by atoms with van der Waals surface area (Å²) in [6.45, 7) is 0.572. The van der Waals surface area contributed by atoms with Gasteiger partial charge in [0, 0.05) is 12.6 Å². The van der Waals surface area contributed by atoms with E-state index in [1.165, 1.54) is 12.5 Å². The van der Waals surface area contributed by atoms with Gasteiger partial charge in [-0.05, 0) is 31.0 Å². The summed E-state index contributed by atoms with van der Waals surface area (Å²) in [7, 11) is 0. The van der Waals surface area contributed by atoms with Crippen molar-refractivity contribution >= 4 is 11.7 Å². The molecule has 0 aliphatic rings. The van der Waals surface area contributed by atoms with E-state index in [-0.39, 0.29) is 5.91 Å². The van der Waals surface area contributed by atoms with Gasteiger partial charge in [0.15, 0.2) is 0 Å². The maximum atomic E-state index is 11.7. The Morgan fingerprint density at radius 2 is 2.09 bits per heavy atom. The number of nitrogen functional groups attached to an aromatic ring is 1. The van der Waals surface area contributed by atoms with Crippen molar-refractivity contribution in [2.75, 3.05) is 12.3 Å². The molecule has 0 radical (unpaired) electrons. The third kappa shape index (κ3) is 3.60. The van der Waals surface area contributed by atoms with E-state index in [0.717, 1.165) is 24.2 Å². The normalized spacial score (nSPS) is 10.6. The highest BCUT2D eigenvalue weighted by atomic mass is 16.3. The minimum absolute atomic E-state index is 0.131. The van der Waals surface area contributed by atoms with Crippen molar-refractivity contribution in [1.82, 2.24) is 15.1 Å². The Morgan fingerprint density at radius 3 is 2.83 bits per heavy atom. The number of benzene rings is 1. The molecule has 0 bridgehead atoms. The van der Waals surface area contributed by atoms with Crippen molar-refractivity contribution in [1.29, 1.82) is 0 Å². The van der Waals surface area contributed by atoms with Gasteiger partial charge in [0.25, 0.3) is 5.91 Å². The Labute approximate surface area is 133 Å². The first-order valence-corrected chi connectivity index (χ1v) is 7.44. The number of carbonyl (C=O) groups excluding carboxylic acids is 1. The van der Waals surface area contributed by atoms with Gasteiger partial charge < -0.3 is 15.5 Å². The number of hydrogen-bond donors (Lipinski definition) is 2. The molecule has 3 rings (SSSR count). The fourth-order valence-corrected chi connectivity index (χ4v) is 2.31. The number of anilines is 1. The van der Waals surface area contributed by atoms with Gasteiger partial charge >= 0.3 is 0 Å². The van der Waals surface area contributed by atoms with Gasteiger partial charge in [0.05, 0.1) is 23.2 Å². The third-order valence-corrected chi connectivity index (χ3v) is 3.47. The number of aryl methyl sites for hydroxylation is 1. The van der Waals surface area contributed by atoms with Crippen LogP contribution in [0.3, 0.4) is 0 Å². The van der Waals surface area contributed by atoms with Crippen LogP contribution in [-0.2, 0) is 6.42 Å². The van der Waals surface area contributed by atoms with Crippen LogP contribution in [0.4, 0.5) is 5.82 Å². The molecular formula is C17H18N4O2. The third-order valence-electron chi connectivity index (χ3n) is 3.47. The summed E-state index contributed by atoms with van der Waals surface area (Å²) in [5, 5.41) is 7.35. The second-order valence-electron chi connectivity index (χ2n) is 5.18. The van der Waals surface area contributed by atoms with Crippen LogP contribution in [0.15, 0.2) is 59.4 Å². The Balaban J connectivity index is 1.52. The number of hydrogen-bond acceptors (Lipinski definition) is 4. The molecule has 0 unspecified atom stereocenters. The molecule has 0 aliphatic carbocycles. The molecule has 6 heteroatoms. The summed E-state index contributed by atoms with van der Waals surface area (Å²) in [5.74, 6) is 0.474. The largest absolute Gasteiger partial charge is 0.472 e. The van der Waals surface area contributed by atoms with Crippen molar-refractivity contribution in [3.05, 3.63) is 66.2 Å². The molecule has 1 aromatic carbocycles. The zero-order valence-corrected chi connectivity index (χ0v) is 12.6. The van der Waals surface area contributed by atoms with Crippen molar-refractivity contribution < 1.29 is 9.21 Å². The van der Waals surface area contributed by atoms with Gasteiger partial charge in [-0.25, -0.2) is 4.68 Å². The number of para-hydroxylation sites is 1. The van der Waals surface area contributed by atoms with E-state index in [2.05, 4.69) is 10.4 Å². The number of nitrogens with one attached hydrogen (secondary N) is 1. The predicted molar refractivity (Wildman–Crippen MR) is 87.3 cm³/mol. The lowest BCUT2D eigenvalue weighted by Crippen LogP contribution is -2.24. The molecule has 0 saturated heterocycles. The lowest BCUT2D eigenvalue weighted by atomic mass is 10.2. The van der Waals surface area contributed by atoms with Crippen LogP contribution in [0, 0.1) is 0 Å². The predicted octanol–water partition coefficient (Wildman–Crippen LogP) is 2.41. The number of nitrogens with zero attached hydrogens (tertiary/aromatic N) is 2. The average molecular weight is 310 g/mol. The maximum absolute atomic E-state index is 11.7. The van der Waals surface area contributed by atoms with Crippen molar-refractivity contribution in [2.24, 2.45) is 0 Å². The summed E-state index contributed by atoms with van der Waals surface area (Å²) in [5.41, 5.74) is 8.38. The van der Waals surface area contributed by atoms with E-state index in [1.807, 2.05) is 36.4 Å². The summed E-state index contributed by atoms with van der Waals surface area (Å²) >= 11 is 0. The number of amides is 1. The number of carbonyl (C=O) groups is 1. The van der Waals surface area contributed by atoms with Crippen LogP contribution in [-0.4, -0.2) is 22.2 Å². The van der Waals surface area contributed by atoms with E-state index >= 15 is 0 Å². The Morgan fingerprint density at radius 1 is 1.26 bits per heavy atom. The molecule has 0 aliphatic heterocycles. The van der Waals surface area contributed by atoms with Crippen molar-refractivity contribution in [2.45, 2.75) is 12.8 Å². The Hall–Kier alpha value is -3.02. The molecule has 3 N–H and O–H groups in total. The average Bonchev–Trinajstić information content (AvgIpc) is 3.22. The van der Waals surface area contributed by atoms with Gasteiger partial charge in [-0.15, -0.1) is 0 Å².